The molecular weight excluding hydrogens is 382 g/mol. The van der Waals surface area contributed by atoms with E-state index in [9.17, 15) is 9.59 Å². The molecule has 158 valence electrons. The summed E-state index contributed by atoms with van der Waals surface area (Å²) in [5.74, 6) is 0.343. The Labute approximate surface area is 175 Å². The summed E-state index contributed by atoms with van der Waals surface area (Å²) in [5, 5.41) is 12.4. The number of benzene rings is 1. The zero-order chi connectivity index (χ0) is 21.4. The maximum Gasteiger partial charge on any atom is 0.335 e. The van der Waals surface area contributed by atoms with Crippen LogP contribution >= 0.6 is 0 Å². The number of carboxylic acids is 1. The van der Waals surface area contributed by atoms with Gasteiger partial charge in [-0.2, -0.15) is 4.98 Å². The minimum atomic E-state index is -0.958. The van der Waals surface area contributed by atoms with Crippen LogP contribution in [0.4, 0.5) is 23.1 Å². The van der Waals surface area contributed by atoms with Crippen LogP contribution < -0.4 is 15.1 Å². The van der Waals surface area contributed by atoms with E-state index in [1.807, 2.05) is 13.8 Å². The molecule has 2 aliphatic rings. The maximum atomic E-state index is 13.0. The molecule has 1 aliphatic heterocycles. The molecular formula is C22H27N5O3. The highest BCUT2D eigenvalue weighted by molar-refractivity contribution is 6.04. The molecule has 1 fully saturated rings. The van der Waals surface area contributed by atoms with Gasteiger partial charge >= 0.3 is 5.97 Å². The molecule has 2 N–H and O–H groups in total. The third-order valence-corrected chi connectivity index (χ3v) is 6.13. The standard InChI is InChI=1S/C22H27N5O3/c1-4-17-20(28)26(3)18-12-23-22(25-19(18)27(17)15-7-5-6-8-15)24-16-10-9-14(21(29)30)11-13(16)2/h9-12,15,17H,4-8H2,1-3H3,(H,29,30)(H,23,24,25)/t17-/m1/s1. The van der Waals surface area contributed by atoms with Crippen LogP contribution in [0, 0.1) is 6.92 Å². The SMILES string of the molecule is CC[C@@H]1C(=O)N(C)c2cnc(Nc3ccc(C(=O)O)cc3C)nc2N1C1CCCC1. The molecule has 1 aromatic carbocycles. The lowest BCUT2D eigenvalue weighted by atomic mass is 10.0. The Bertz CT molecular complexity index is 987. The fourth-order valence-corrected chi connectivity index (χ4v) is 4.50. The second-order valence-corrected chi connectivity index (χ2v) is 8.03. The molecule has 1 saturated carbocycles. The largest absolute Gasteiger partial charge is 0.478 e. The zero-order valence-corrected chi connectivity index (χ0v) is 17.6. The van der Waals surface area contributed by atoms with Crippen LogP contribution in [0.5, 0.6) is 0 Å². The van der Waals surface area contributed by atoms with Gasteiger partial charge in [0.25, 0.3) is 0 Å². The van der Waals surface area contributed by atoms with Gasteiger partial charge in [-0.05, 0) is 49.9 Å². The minimum Gasteiger partial charge on any atom is -0.478 e. The van der Waals surface area contributed by atoms with E-state index in [0.29, 0.717) is 12.0 Å². The van der Waals surface area contributed by atoms with E-state index in [0.717, 1.165) is 42.0 Å². The molecule has 2 aromatic rings. The van der Waals surface area contributed by atoms with Crippen molar-refractivity contribution in [3.8, 4) is 0 Å². The third-order valence-electron chi connectivity index (χ3n) is 6.13. The number of aryl methyl sites for hydroxylation is 1. The lowest BCUT2D eigenvalue weighted by Gasteiger charge is -2.43. The van der Waals surface area contributed by atoms with Crippen LogP contribution in [0.2, 0.25) is 0 Å². The second-order valence-electron chi connectivity index (χ2n) is 8.03. The fraction of sp³-hybridized carbons (Fsp3) is 0.455. The predicted octanol–water partition coefficient (Wildman–Crippen LogP) is 3.73. The summed E-state index contributed by atoms with van der Waals surface area (Å²) in [5.41, 5.74) is 2.50. The monoisotopic (exact) mass is 409 g/mol. The second kappa shape index (κ2) is 7.93. The summed E-state index contributed by atoms with van der Waals surface area (Å²) >= 11 is 0. The molecule has 1 amide bonds. The summed E-state index contributed by atoms with van der Waals surface area (Å²) in [7, 11) is 1.78. The highest BCUT2D eigenvalue weighted by Gasteiger charge is 2.41. The van der Waals surface area contributed by atoms with Crippen LogP contribution in [0.3, 0.4) is 0 Å². The molecule has 1 atom stereocenters. The van der Waals surface area contributed by atoms with Crippen molar-refractivity contribution in [1.29, 1.82) is 0 Å². The van der Waals surface area contributed by atoms with Gasteiger partial charge in [0.05, 0.1) is 11.8 Å². The molecule has 4 rings (SSSR count). The number of carboxylic acid groups (broad SMARTS) is 1. The van der Waals surface area contributed by atoms with Crippen molar-refractivity contribution >= 4 is 35.0 Å². The van der Waals surface area contributed by atoms with E-state index in [2.05, 4.69) is 15.2 Å². The molecule has 1 aliphatic carbocycles. The summed E-state index contributed by atoms with van der Waals surface area (Å²) in [6.07, 6.45) is 6.88. The summed E-state index contributed by atoms with van der Waals surface area (Å²) in [6.45, 7) is 3.88. The smallest absolute Gasteiger partial charge is 0.335 e. The molecule has 8 heteroatoms. The van der Waals surface area contributed by atoms with Crippen molar-refractivity contribution in [1.82, 2.24) is 9.97 Å². The maximum absolute atomic E-state index is 13.0. The molecule has 1 aromatic heterocycles. The van der Waals surface area contributed by atoms with Gasteiger partial charge in [0.15, 0.2) is 5.82 Å². The van der Waals surface area contributed by atoms with Crippen molar-refractivity contribution in [3.63, 3.8) is 0 Å². The number of hydrogen-bond acceptors (Lipinski definition) is 6. The van der Waals surface area contributed by atoms with Crippen LogP contribution in [-0.2, 0) is 4.79 Å². The zero-order valence-electron chi connectivity index (χ0n) is 17.6. The van der Waals surface area contributed by atoms with Gasteiger partial charge in [-0.1, -0.05) is 19.8 Å². The van der Waals surface area contributed by atoms with Gasteiger partial charge in [-0.25, -0.2) is 9.78 Å². The van der Waals surface area contributed by atoms with E-state index in [1.54, 1.807) is 36.3 Å². The van der Waals surface area contributed by atoms with Crippen molar-refractivity contribution in [3.05, 3.63) is 35.5 Å². The van der Waals surface area contributed by atoms with E-state index in [1.165, 1.54) is 12.8 Å². The van der Waals surface area contributed by atoms with Crippen molar-refractivity contribution < 1.29 is 14.7 Å². The molecule has 0 unspecified atom stereocenters. The van der Waals surface area contributed by atoms with Crippen molar-refractivity contribution in [2.24, 2.45) is 0 Å². The summed E-state index contributed by atoms with van der Waals surface area (Å²) in [4.78, 5) is 37.2. The predicted molar refractivity (Wildman–Crippen MR) is 116 cm³/mol. The van der Waals surface area contributed by atoms with E-state index in [4.69, 9.17) is 10.1 Å². The first kappa shape index (κ1) is 20.1. The Hall–Kier alpha value is -3.16. The number of amides is 1. The quantitative estimate of drug-likeness (QED) is 0.776. The van der Waals surface area contributed by atoms with Gasteiger partial charge in [0, 0.05) is 18.8 Å². The molecule has 30 heavy (non-hydrogen) atoms. The molecule has 0 bridgehead atoms. The first-order valence-corrected chi connectivity index (χ1v) is 10.4. The summed E-state index contributed by atoms with van der Waals surface area (Å²) in [6, 6.07) is 4.99. The molecule has 0 radical (unpaired) electrons. The Morgan fingerprint density at radius 1 is 1.30 bits per heavy atom. The van der Waals surface area contributed by atoms with Gasteiger partial charge in [-0.3, -0.25) is 4.79 Å². The number of aromatic nitrogens is 2. The molecule has 0 spiro atoms. The molecule has 2 heterocycles. The Morgan fingerprint density at radius 3 is 2.67 bits per heavy atom. The van der Waals surface area contributed by atoms with Gasteiger partial charge in [0.1, 0.15) is 11.7 Å². The summed E-state index contributed by atoms with van der Waals surface area (Å²) < 4.78 is 0. The third kappa shape index (κ3) is 3.46. The number of hydrogen-bond donors (Lipinski definition) is 2. The number of carbonyl (C=O) groups is 2. The first-order chi connectivity index (χ1) is 14.4. The minimum absolute atomic E-state index is 0.0845. The van der Waals surface area contributed by atoms with Crippen LogP contribution in [0.1, 0.15) is 54.9 Å². The number of likely N-dealkylation sites (N-methyl/N-ethyl adjacent to an activating group) is 1. The van der Waals surface area contributed by atoms with Crippen LogP contribution in [0.25, 0.3) is 0 Å². The van der Waals surface area contributed by atoms with Crippen molar-refractivity contribution in [2.45, 2.75) is 58.0 Å². The topological polar surface area (TPSA) is 98.7 Å². The Morgan fingerprint density at radius 2 is 2.03 bits per heavy atom. The first-order valence-electron chi connectivity index (χ1n) is 10.4. The van der Waals surface area contributed by atoms with E-state index < -0.39 is 5.97 Å². The number of anilines is 4. The number of fused-ring (bicyclic) bond motifs is 1. The Balaban J connectivity index is 1.71. The lowest BCUT2D eigenvalue weighted by Crippen LogP contribution is -2.55. The molecule has 0 saturated heterocycles. The lowest BCUT2D eigenvalue weighted by molar-refractivity contribution is -0.120. The van der Waals surface area contributed by atoms with Gasteiger partial charge < -0.3 is 20.2 Å². The van der Waals surface area contributed by atoms with Gasteiger partial charge in [0.2, 0.25) is 11.9 Å². The number of carbonyl (C=O) groups excluding carboxylic acids is 1. The Kier molecular flexibility index (Phi) is 5.32. The number of nitrogens with zero attached hydrogens (tertiary/aromatic N) is 4. The average molecular weight is 409 g/mol. The number of nitrogens with one attached hydrogen (secondary N) is 1. The average Bonchev–Trinajstić information content (AvgIpc) is 3.26. The highest BCUT2D eigenvalue weighted by atomic mass is 16.4. The normalized spacial score (nSPS) is 19.2. The van der Waals surface area contributed by atoms with E-state index >= 15 is 0 Å². The van der Waals surface area contributed by atoms with Crippen LogP contribution in [-0.4, -0.2) is 46.1 Å². The number of rotatable bonds is 5. The van der Waals surface area contributed by atoms with E-state index in [-0.39, 0.29) is 17.5 Å². The van der Waals surface area contributed by atoms with Crippen molar-refractivity contribution in [2.75, 3.05) is 22.2 Å². The fourth-order valence-electron chi connectivity index (χ4n) is 4.50. The highest BCUT2D eigenvalue weighted by Crippen LogP contribution is 2.40. The number of aromatic carboxylic acids is 1. The molecule has 8 nitrogen and oxygen atoms in total. The van der Waals surface area contributed by atoms with Gasteiger partial charge in [-0.15, -0.1) is 0 Å². The van der Waals surface area contributed by atoms with Crippen LogP contribution in [0.15, 0.2) is 24.4 Å².